The third kappa shape index (κ3) is 3.33. The summed E-state index contributed by atoms with van der Waals surface area (Å²) in [6.45, 7) is 1.76. The number of aromatic nitrogens is 2. The van der Waals surface area contributed by atoms with Crippen molar-refractivity contribution in [3.8, 4) is 0 Å². The number of ether oxygens (including phenoxy) is 1. The number of carboxylic acid groups (broad SMARTS) is 1. The molecule has 0 bridgehead atoms. The molecule has 1 fully saturated rings. The molecule has 0 radical (unpaired) electrons. The molecule has 1 aromatic heterocycles. The second-order valence-electron chi connectivity index (χ2n) is 4.17. The molecule has 6 nitrogen and oxygen atoms in total. The van der Waals surface area contributed by atoms with Crippen molar-refractivity contribution in [1.29, 1.82) is 0 Å². The topological polar surface area (TPSA) is 92.3 Å². The standard InChI is InChI=1S/C11H14N2O4S/c1-6-4-9(14)13-11(12-6)18-5-7-2-3-8(17-7)10(15)16/h4,7-8H,2-3,5H2,1H3,(H,15,16)(H,12,13,14). The molecule has 1 aliphatic rings. The van der Waals surface area contributed by atoms with Crippen molar-refractivity contribution in [2.45, 2.75) is 37.1 Å². The molecule has 1 aromatic rings. The number of hydrogen-bond acceptors (Lipinski definition) is 5. The molecule has 18 heavy (non-hydrogen) atoms. The molecule has 1 aliphatic heterocycles. The lowest BCUT2D eigenvalue weighted by atomic mass is 10.2. The third-order valence-corrected chi connectivity index (χ3v) is 3.64. The normalized spacial score (nSPS) is 23.2. The Labute approximate surface area is 108 Å². The predicted octanol–water partition coefficient (Wildman–Crippen LogP) is 0.803. The first-order chi connectivity index (χ1) is 8.54. The number of aliphatic carboxylic acids is 1. The van der Waals surface area contributed by atoms with Crippen molar-refractivity contribution < 1.29 is 14.6 Å². The van der Waals surface area contributed by atoms with Crippen molar-refractivity contribution >= 4 is 17.7 Å². The lowest BCUT2D eigenvalue weighted by molar-refractivity contribution is -0.148. The van der Waals surface area contributed by atoms with Gasteiger partial charge in [0.15, 0.2) is 11.3 Å². The van der Waals surface area contributed by atoms with Crippen LogP contribution in [0.3, 0.4) is 0 Å². The molecule has 0 saturated carbocycles. The highest BCUT2D eigenvalue weighted by atomic mass is 32.2. The Bertz CT molecular complexity index is 502. The molecule has 2 atom stereocenters. The van der Waals surface area contributed by atoms with Crippen molar-refractivity contribution in [3.05, 3.63) is 22.1 Å². The van der Waals surface area contributed by atoms with Crippen LogP contribution in [0.15, 0.2) is 16.0 Å². The molecule has 0 amide bonds. The zero-order valence-electron chi connectivity index (χ0n) is 9.88. The Balaban J connectivity index is 1.89. The first-order valence-corrected chi connectivity index (χ1v) is 6.62. The van der Waals surface area contributed by atoms with E-state index in [0.717, 1.165) is 6.42 Å². The fourth-order valence-electron chi connectivity index (χ4n) is 1.80. The van der Waals surface area contributed by atoms with Crippen LogP contribution in [0.2, 0.25) is 0 Å². The van der Waals surface area contributed by atoms with Gasteiger partial charge in [-0.05, 0) is 19.8 Å². The van der Waals surface area contributed by atoms with Crippen LogP contribution in [0.5, 0.6) is 0 Å². The van der Waals surface area contributed by atoms with E-state index < -0.39 is 12.1 Å². The Morgan fingerprint density at radius 2 is 2.44 bits per heavy atom. The van der Waals surface area contributed by atoms with Crippen LogP contribution in [-0.4, -0.2) is 39.0 Å². The zero-order valence-corrected chi connectivity index (χ0v) is 10.7. The highest BCUT2D eigenvalue weighted by Crippen LogP contribution is 2.24. The van der Waals surface area contributed by atoms with Gasteiger partial charge in [-0.2, -0.15) is 0 Å². The first kappa shape index (κ1) is 13.1. The molecule has 2 rings (SSSR count). The maximum absolute atomic E-state index is 11.2. The minimum Gasteiger partial charge on any atom is -0.479 e. The van der Waals surface area contributed by atoms with Crippen molar-refractivity contribution in [1.82, 2.24) is 9.97 Å². The number of carbonyl (C=O) groups is 1. The Kier molecular flexibility index (Phi) is 4.03. The molecule has 2 unspecified atom stereocenters. The monoisotopic (exact) mass is 270 g/mol. The number of hydrogen-bond donors (Lipinski definition) is 2. The van der Waals surface area contributed by atoms with Gasteiger partial charge in [-0.15, -0.1) is 0 Å². The van der Waals surface area contributed by atoms with E-state index in [0.29, 0.717) is 23.0 Å². The van der Waals surface area contributed by atoms with Crippen LogP contribution in [0.25, 0.3) is 0 Å². The van der Waals surface area contributed by atoms with E-state index in [2.05, 4.69) is 9.97 Å². The zero-order chi connectivity index (χ0) is 13.1. The smallest absolute Gasteiger partial charge is 0.332 e. The lowest BCUT2D eigenvalue weighted by Gasteiger charge is -2.10. The number of aryl methyl sites for hydroxylation is 1. The molecule has 0 aliphatic carbocycles. The molecule has 1 saturated heterocycles. The predicted molar refractivity (Wildman–Crippen MR) is 65.8 cm³/mol. The maximum Gasteiger partial charge on any atom is 0.332 e. The Morgan fingerprint density at radius 3 is 3.06 bits per heavy atom. The quantitative estimate of drug-likeness (QED) is 0.621. The van der Waals surface area contributed by atoms with Gasteiger partial charge in [-0.1, -0.05) is 11.8 Å². The average Bonchev–Trinajstić information content (AvgIpc) is 2.73. The number of nitrogens with one attached hydrogen (secondary N) is 1. The fourth-order valence-corrected chi connectivity index (χ4v) is 2.77. The van der Waals surface area contributed by atoms with E-state index in [1.165, 1.54) is 17.8 Å². The minimum absolute atomic E-state index is 0.0954. The van der Waals surface area contributed by atoms with E-state index in [1.807, 2.05) is 0 Å². The number of nitrogens with zero attached hydrogens (tertiary/aromatic N) is 1. The summed E-state index contributed by atoms with van der Waals surface area (Å²) in [6.07, 6.45) is 0.472. The third-order valence-electron chi connectivity index (χ3n) is 2.64. The van der Waals surface area contributed by atoms with Crippen molar-refractivity contribution in [3.63, 3.8) is 0 Å². The Morgan fingerprint density at radius 1 is 1.67 bits per heavy atom. The minimum atomic E-state index is -0.912. The molecule has 98 valence electrons. The summed E-state index contributed by atoms with van der Waals surface area (Å²) in [5.74, 6) is -0.319. The second kappa shape index (κ2) is 5.53. The van der Waals surface area contributed by atoms with Crippen LogP contribution in [0, 0.1) is 6.92 Å². The average molecular weight is 270 g/mol. The SMILES string of the molecule is Cc1cc(=O)[nH]c(SCC2CCC(C(=O)O)O2)n1. The van der Waals surface area contributed by atoms with Gasteiger partial charge in [0, 0.05) is 17.5 Å². The van der Waals surface area contributed by atoms with Crippen LogP contribution in [-0.2, 0) is 9.53 Å². The number of aromatic amines is 1. The van der Waals surface area contributed by atoms with Crippen molar-refractivity contribution in [2.75, 3.05) is 5.75 Å². The van der Waals surface area contributed by atoms with E-state index in [4.69, 9.17) is 9.84 Å². The van der Waals surface area contributed by atoms with Gasteiger partial charge in [0.25, 0.3) is 5.56 Å². The summed E-state index contributed by atoms with van der Waals surface area (Å²) in [6, 6.07) is 1.43. The van der Waals surface area contributed by atoms with Crippen LogP contribution < -0.4 is 5.56 Å². The number of H-pyrrole nitrogens is 1. The van der Waals surface area contributed by atoms with E-state index in [9.17, 15) is 9.59 Å². The molecular weight excluding hydrogens is 256 g/mol. The summed E-state index contributed by atoms with van der Waals surface area (Å²) < 4.78 is 5.36. The highest BCUT2D eigenvalue weighted by molar-refractivity contribution is 7.99. The molecular formula is C11H14N2O4S. The highest BCUT2D eigenvalue weighted by Gasteiger charge is 2.30. The van der Waals surface area contributed by atoms with E-state index >= 15 is 0 Å². The van der Waals surface area contributed by atoms with Gasteiger partial charge in [0.05, 0.1) is 6.10 Å². The lowest BCUT2D eigenvalue weighted by Crippen LogP contribution is -2.21. The summed E-state index contributed by atoms with van der Waals surface area (Å²) in [5.41, 5.74) is 0.484. The number of thioether (sulfide) groups is 1. The van der Waals surface area contributed by atoms with Crippen LogP contribution in [0.4, 0.5) is 0 Å². The second-order valence-corrected chi connectivity index (χ2v) is 5.17. The van der Waals surface area contributed by atoms with Crippen LogP contribution in [0.1, 0.15) is 18.5 Å². The summed E-state index contributed by atoms with van der Waals surface area (Å²) in [4.78, 5) is 28.8. The number of carboxylic acids is 1. The van der Waals surface area contributed by atoms with Gasteiger partial charge in [-0.3, -0.25) is 4.79 Å². The molecule has 2 N–H and O–H groups in total. The van der Waals surface area contributed by atoms with E-state index in [-0.39, 0.29) is 11.7 Å². The fraction of sp³-hybridized carbons (Fsp3) is 0.545. The Hall–Kier alpha value is -1.34. The summed E-state index contributed by atoms with van der Waals surface area (Å²) >= 11 is 1.38. The van der Waals surface area contributed by atoms with Gasteiger partial charge >= 0.3 is 5.97 Å². The largest absolute Gasteiger partial charge is 0.479 e. The summed E-state index contributed by atoms with van der Waals surface area (Å²) in [7, 11) is 0. The van der Waals surface area contributed by atoms with Gasteiger partial charge < -0.3 is 14.8 Å². The van der Waals surface area contributed by atoms with Gasteiger partial charge in [-0.25, -0.2) is 9.78 Å². The molecule has 0 spiro atoms. The molecule has 2 heterocycles. The van der Waals surface area contributed by atoms with Crippen molar-refractivity contribution in [2.24, 2.45) is 0 Å². The maximum atomic E-state index is 11.2. The van der Waals surface area contributed by atoms with Crippen LogP contribution >= 0.6 is 11.8 Å². The molecule has 7 heteroatoms. The van der Waals surface area contributed by atoms with E-state index in [1.54, 1.807) is 6.92 Å². The summed E-state index contributed by atoms with van der Waals surface area (Å²) in [5, 5.41) is 9.34. The number of rotatable bonds is 4. The van der Waals surface area contributed by atoms with Gasteiger partial charge in [0.2, 0.25) is 0 Å². The molecule has 0 aromatic carbocycles. The first-order valence-electron chi connectivity index (χ1n) is 5.63. The van der Waals surface area contributed by atoms with Gasteiger partial charge in [0.1, 0.15) is 0 Å².